The molecule has 162 valence electrons. The smallest absolute Gasteiger partial charge is 0.206 e. The summed E-state index contributed by atoms with van der Waals surface area (Å²) in [6, 6.07) is 0. The maximum Gasteiger partial charge on any atom is 0.206 e. The Balaban J connectivity index is 3.74. The lowest BCUT2D eigenvalue weighted by Gasteiger charge is -2.03. The van der Waals surface area contributed by atoms with Crippen molar-refractivity contribution in [2.24, 2.45) is 0 Å². The van der Waals surface area contributed by atoms with Crippen LogP contribution in [0.5, 0.6) is 0 Å². The van der Waals surface area contributed by atoms with Crippen LogP contribution in [0, 0.1) is 0 Å². The molecular weight excluding hydrogens is 352 g/mol. The van der Waals surface area contributed by atoms with Crippen LogP contribution >= 0.6 is 0 Å². The second-order valence-electron chi connectivity index (χ2n) is 8.02. The number of carbonyl (C=O) groups is 4. The lowest BCUT2D eigenvalue weighted by Crippen LogP contribution is -2.20. The van der Waals surface area contributed by atoms with Crippen molar-refractivity contribution in [1.29, 1.82) is 0 Å². The molecule has 0 aliphatic carbocycles. The highest BCUT2D eigenvalue weighted by Crippen LogP contribution is 2.11. The summed E-state index contributed by atoms with van der Waals surface area (Å²) in [5, 5.41) is 0. The molecule has 0 aromatic carbocycles. The fraction of sp³-hybridized carbons (Fsp3) is 0.833. The molecule has 0 heterocycles. The second-order valence-corrected chi connectivity index (χ2v) is 8.02. The molecule has 0 aliphatic heterocycles. The minimum absolute atomic E-state index is 0.175. The molecule has 0 saturated heterocycles. The Morgan fingerprint density at radius 1 is 0.429 bits per heavy atom. The molecule has 0 unspecified atom stereocenters. The summed E-state index contributed by atoms with van der Waals surface area (Å²) in [6.07, 6.45) is 15.7. The van der Waals surface area contributed by atoms with E-state index >= 15 is 0 Å². The predicted molar refractivity (Wildman–Crippen MR) is 114 cm³/mol. The Morgan fingerprint density at radius 2 is 0.714 bits per heavy atom. The van der Waals surface area contributed by atoms with Crippen LogP contribution < -0.4 is 0 Å². The van der Waals surface area contributed by atoms with E-state index in [0.717, 1.165) is 38.5 Å². The van der Waals surface area contributed by atoms with Crippen molar-refractivity contribution in [3.05, 3.63) is 0 Å². The molecule has 4 nitrogen and oxygen atoms in total. The van der Waals surface area contributed by atoms with Gasteiger partial charge in [-0.15, -0.1) is 0 Å². The quantitative estimate of drug-likeness (QED) is 0.130. The highest BCUT2D eigenvalue weighted by Gasteiger charge is 2.20. The SMILES string of the molecule is CCCCCCCCCC(=O)CC(=O)C(=O)CC(=O)CCCCCCCCC. The number of hydrogen-bond donors (Lipinski definition) is 0. The summed E-state index contributed by atoms with van der Waals surface area (Å²) in [5.74, 6) is -1.74. The van der Waals surface area contributed by atoms with Gasteiger partial charge in [0.1, 0.15) is 11.6 Å². The number of unbranched alkanes of at least 4 members (excludes halogenated alkanes) is 12. The number of Topliss-reactive ketones (excluding diaryl/α,β-unsaturated/α-hetero) is 4. The van der Waals surface area contributed by atoms with Crippen molar-refractivity contribution in [2.75, 3.05) is 0 Å². The van der Waals surface area contributed by atoms with Gasteiger partial charge in [0, 0.05) is 12.8 Å². The molecule has 28 heavy (non-hydrogen) atoms. The molecule has 0 bridgehead atoms. The van der Waals surface area contributed by atoms with E-state index in [0.29, 0.717) is 12.8 Å². The Labute approximate surface area is 172 Å². The first-order valence-electron chi connectivity index (χ1n) is 11.6. The number of rotatable bonds is 21. The van der Waals surface area contributed by atoms with Crippen LogP contribution in [0.15, 0.2) is 0 Å². The van der Waals surface area contributed by atoms with E-state index in [4.69, 9.17) is 0 Å². The average molecular weight is 395 g/mol. The standard InChI is InChI=1S/C24H42O4/c1-3-5-7-9-11-13-15-17-21(25)19-23(27)24(28)20-22(26)18-16-14-12-10-8-6-4-2/h3-20H2,1-2H3. The summed E-state index contributed by atoms with van der Waals surface area (Å²) < 4.78 is 0. The van der Waals surface area contributed by atoms with E-state index in [2.05, 4.69) is 13.8 Å². The van der Waals surface area contributed by atoms with Crippen molar-refractivity contribution in [3.63, 3.8) is 0 Å². The van der Waals surface area contributed by atoms with Crippen molar-refractivity contribution in [2.45, 2.75) is 129 Å². The van der Waals surface area contributed by atoms with Crippen LogP contribution in [0.3, 0.4) is 0 Å². The highest BCUT2D eigenvalue weighted by atomic mass is 16.2. The molecule has 0 aromatic rings. The first-order valence-corrected chi connectivity index (χ1v) is 11.6. The molecule has 0 N–H and O–H groups in total. The van der Waals surface area contributed by atoms with E-state index in [1.807, 2.05) is 0 Å². The molecule has 0 spiro atoms. The van der Waals surface area contributed by atoms with Gasteiger partial charge < -0.3 is 0 Å². The average Bonchev–Trinajstić information content (AvgIpc) is 2.66. The van der Waals surface area contributed by atoms with Gasteiger partial charge in [-0.2, -0.15) is 0 Å². The van der Waals surface area contributed by atoms with Gasteiger partial charge in [0.25, 0.3) is 0 Å². The van der Waals surface area contributed by atoms with Crippen LogP contribution in [0.25, 0.3) is 0 Å². The van der Waals surface area contributed by atoms with E-state index in [-0.39, 0.29) is 24.4 Å². The van der Waals surface area contributed by atoms with E-state index in [9.17, 15) is 19.2 Å². The van der Waals surface area contributed by atoms with Crippen molar-refractivity contribution >= 4 is 23.1 Å². The number of hydrogen-bond acceptors (Lipinski definition) is 4. The third-order valence-electron chi connectivity index (χ3n) is 5.14. The maximum absolute atomic E-state index is 11.9. The second kappa shape index (κ2) is 19.0. The van der Waals surface area contributed by atoms with E-state index in [1.165, 1.54) is 51.4 Å². The van der Waals surface area contributed by atoms with Gasteiger partial charge in [-0.05, 0) is 12.8 Å². The zero-order valence-electron chi connectivity index (χ0n) is 18.4. The first kappa shape index (κ1) is 26.7. The van der Waals surface area contributed by atoms with Crippen molar-refractivity contribution in [1.82, 2.24) is 0 Å². The molecule has 0 aromatic heterocycles. The topological polar surface area (TPSA) is 68.3 Å². The van der Waals surface area contributed by atoms with Crippen LogP contribution in [0.1, 0.15) is 129 Å². The fourth-order valence-corrected chi connectivity index (χ4v) is 3.29. The fourth-order valence-electron chi connectivity index (χ4n) is 3.29. The molecule has 0 rings (SSSR count). The van der Waals surface area contributed by atoms with Gasteiger partial charge in [-0.3, -0.25) is 19.2 Å². The normalized spacial score (nSPS) is 10.8. The minimum Gasteiger partial charge on any atom is -0.299 e. The molecule has 4 heteroatoms. The lowest BCUT2D eigenvalue weighted by molar-refractivity contribution is -0.140. The maximum atomic E-state index is 11.9. The predicted octanol–water partition coefficient (Wildman–Crippen LogP) is 6.32. The summed E-state index contributed by atoms with van der Waals surface area (Å²) in [6.45, 7) is 4.36. The van der Waals surface area contributed by atoms with Crippen molar-refractivity contribution < 1.29 is 19.2 Å². The Kier molecular flexibility index (Phi) is 18.1. The Morgan fingerprint density at radius 3 is 1.04 bits per heavy atom. The first-order chi connectivity index (χ1) is 13.5. The minimum atomic E-state index is -0.694. The molecule has 0 amide bonds. The largest absolute Gasteiger partial charge is 0.299 e. The molecule has 0 atom stereocenters. The van der Waals surface area contributed by atoms with Crippen LogP contribution in [0.2, 0.25) is 0 Å². The van der Waals surface area contributed by atoms with Crippen LogP contribution in [-0.2, 0) is 19.2 Å². The lowest BCUT2D eigenvalue weighted by atomic mass is 10.00. The summed E-state index contributed by atoms with van der Waals surface area (Å²) in [4.78, 5) is 47.4. The van der Waals surface area contributed by atoms with Gasteiger partial charge in [0.05, 0.1) is 12.8 Å². The van der Waals surface area contributed by atoms with Gasteiger partial charge in [0.15, 0.2) is 0 Å². The molecule has 0 fully saturated rings. The summed E-state index contributed by atoms with van der Waals surface area (Å²) in [5.41, 5.74) is 0. The van der Waals surface area contributed by atoms with Gasteiger partial charge in [-0.25, -0.2) is 0 Å². The van der Waals surface area contributed by atoms with E-state index in [1.54, 1.807) is 0 Å². The third-order valence-corrected chi connectivity index (χ3v) is 5.14. The van der Waals surface area contributed by atoms with Gasteiger partial charge >= 0.3 is 0 Å². The van der Waals surface area contributed by atoms with E-state index < -0.39 is 11.6 Å². The Bertz CT molecular complexity index is 412. The number of ketones is 4. The highest BCUT2D eigenvalue weighted by molar-refractivity contribution is 6.42. The van der Waals surface area contributed by atoms with Crippen LogP contribution in [0.4, 0.5) is 0 Å². The summed E-state index contributed by atoms with van der Waals surface area (Å²) in [7, 11) is 0. The molecule has 0 aliphatic rings. The summed E-state index contributed by atoms with van der Waals surface area (Å²) >= 11 is 0. The van der Waals surface area contributed by atoms with Gasteiger partial charge in [-0.1, -0.05) is 90.9 Å². The molecule has 0 radical (unpaired) electrons. The van der Waals surface area contributed by atoms with Gasteiger partial charge in [0.2, 0.25) is 11.6 Å². The zero-order chi connectivity index (χ0) is 21.0. The van der Waals surface area contributed by atoms with Crippen LogP contribution in [-0.4, -0.2) is 23.1 Å². The molecular formula is C24H42O4. The third kappa shape index (κ3) is 16.8. The Hall–Kier alpha value is -1.32. The zero-order valence-corrected chi connectivity index (χ0v) is 18.4. The van der Waals surface area contributed by atoms with Crippen molar-refractivity contribution in [3.8, 4) is 0 Å². The molecule has 0 saturated carbocycles. The number of carbonyl (C=O) groups excluding carboxylic acids is 4. The monoisotopic (exact) mass is 394 g/mol.